The van der Waals surface area contributed by atoms with Crippen molar-refractivity contribution in [2.75, 3.05) is 5.32 Å². The summed E-state index contributed by atoms with van der Waals surface area (Å²) in [6, 6.07) is 4.94. The van der Waals surface area contributed by atoms with E-state index in [9.17, 15) is 18.0 Å². The molecule has 1 aliphatic carbocycles. The third-order valence-corrected chi connectivity index (χ3v) is 3.32. The molecule has 1 aliphatic rings. The molecule has 0 aliphatic heterocycles. The fraction of sp³-hybridized carbons (Fsp3) is 0.133. The molecule has 102 valence electrons. The predicted molar refractivity (Wildman–Crippen MR) is 68.9 cm³/mol. The largest absolute Gasteiger partial charge is 0.324 e. The second-order valence-corrected chi connectivity index (χ2v) is 4.77. The Morgan fingerprint density at radius 1 is 0.950 bits per heavy atom. The van der Waals surface area contributed by atoms with Crippen LogP contribution in [0.1, 0.15) is 18.1 Å². The van der Waals surface area contributed by atoms with Gasteiger partial charge in [-0.25, -0.2) is 13.2 Å². The molecule has 0 fully saturated rings. The summed E-state index contributed by atoms with van der Waals surface area (Å²) in [5, 5.41) is 2.39. The minimum atomic E-state index is -0.956. The van der Waals surface area contributed by atoms with Crippen molar-refractivity contribution in [3.8, 4) is 11.1 Å². The standard InChI is InChI=1S/C15H10F3NO/c1-7(20)19-15-4-9-2-8-3-12(16)13(17)5-10(8)11(9)6-14(15)18/h3-6H,2H2,1H3,(H,19,20). The zero-order chi connectivity index (χ0) is 14.4. The Bertz CT molecular complexity index is 740. The molecule has 2 aromatic carbocycles. The van der Waals surface area contributed by atoms with Gasteiger partial charge in [-0.3, -0.25) is 4.79 Å². The van der Waals surface area contributed by atoms with E-state index in [0.29, 0.717) is 23.1 Å². The maximum Gasteiger partial charge on any atom is 0.221 e. The highest BCUT2D eigenvalue weighted by Gasteiger charge is 2.23. The Kier molecular flexibility index (Phi) is 2.78. The summed E-state index contributed by atoms with van der Waals surface area (Å²) in [6.45, 7) is 1.28. The van der Waals surface area contributed by atoms with Crippen LogP contribution in [-0.2, 0) is 11.2 Å². The average molecular weight is 277 g/mol. The van der Waals surface area contributed by atoms with Gasteiger partial charge >= 0.3 is 0 Å². The first kappa shape index (κ1) is 12.7. The van der Waals surface area contributed by atoms with Gasteiger partial charge in [-0.15, -0.1) is 0 Å². The van der Waals surface area contributed by atoms with Crippen LogP contribution >= 0.6 is 0 Å². The number of rotatable bonds is 1. The Morgan fingerprint density at radius 2 is 1.50 bits per heavy atom. The van der Waals surface area contributed by atoms with E-state index < -0.39 is 17.5 Å². The second kappa shape index (κ2) is 4.37. The van der Waals surface area contributed by atoms with Crippen LogP contribution in [0.15, 0.2) is 24.3 Å². The van der Waals surface area contributed by atoms with Crippen molar-refractivity contribution < 1.29 is 18.0 Å². The SMILES string of the molecule is CC(=O)Nc1cc2c(cc1F)-c1cc(F)c(F)cc1C2. The Labute approximate surface area is 113 Å². The van der Waals surface area contributed by atoms with E-state index in [2.05, 4.69) is 5.32 Å². The number of halogens is 3. The van der Waals surface area contributed by atoms with E-state index in [4.69, 9.17) is 0 Å². The summed E-state index contributed by atoms with van der Waals surface area (Å²) in [5.41, 5.74) is 2.44. The molecule has 0 radical (unpaired) electrons. The highest BCUT2D eigenvalue weighted by atomic mass is 19.2. The topological polar surface area (TPSA) is 29.1 Å². The number of fused-ring (bicyclic) bond motifs is 3. The molecule has 20 heavy (non-hydrogen) atoms. The number of hydrogen-bond acceptors (Lipinski definition) is 1. The van der Waals surface area contributed by atoms with Gasteiger partial charge in [0, 0.05) is 6.92 Å². The highest BCUT2D eigenvalue weighted by molar-refractivity contribution is 5.90. The lowest BCUT2D eigenvalue weighted by atomic mass is 10.0. The minimum absolute atomic E-state index is 0.0741. The molecule has 0 heterocycles. The van der Waals surface area contributed by atoms with Gasteiger partial charge in [0.1, 0.15) is 5.82 Å². The van der Waals surface area contributed by atoms with Crippen LogP contribution in [0, 0.1) is 17.5 Å². The van der Waals surface area contributed by atoms with Crippen LogP contribution in [-0.4, -0.2) is 5.91 Å². The number of nitrogens with one attached hydrogen (secondary N) is 1. The maximum absolute atomic E-state index is 13.9. The van der Waals surface area contributed by atoms with Crippen LogP contribution in [0.3, 0.4) is 0 Å². The maximum atomic E-state index is 13.9. The van der Waals surface area contributed by atoms with Gasteiger partial charge in [0.05, 0.1) is 5.69 Å². The van der Waals surface area contributed by atoms with Crippen molar-refractivity contribution >= 4 is 11.6 Å². The van der Waals surface area contributed by atoms with Crippen LogP contribution in [0.2, 0.25) is 0 Å². The minimum Gasteiger partial charge on any atom is -0.324 e. The molecule has 0 atom stereocenters. The van der Waals surface area contributed by atoms with Crippen LogP contribution < -0.4 is 5.32 Å². The van der Waals surface area contributed by atoms with Gasteiger partial charge in [-0.2, -0.15) is 0 Å². The number of amides is 1. The Balaban J connectivity index is 2.12. The molecule has 0 bridgehead atoms. The lowest BCUT2D eigenvalue weighted by molar-refractivity contribution is -0.114. The van der Waals surface area contributed by atoms with Crippen molar-refractivity contribution in [3.05, 3.63) is 52.8 Å². The molecule has 1 amide bonds. The van der Waals surface area contributed by atoms with Gasteiger partial charge in [0.25, 0.3) is 0 Å². The molecular weight excluding hydrogens is 267 g/mol. The van der Waals surface area contributed by atoms with Gasteiger partial charge < -0.3 is 5.32 Å². The lowest BCUT2D eigenvalue weighted by Gasteiger charge is -2.07. The smallest absolute Gasteiger partial charge is 0.221 e. The van der Waals surface area contributed by atoms with E-state index >= 15 is 0 Å². The van der Waals surface area contributed by atoms with Crippen molar-refractivity contribution in [3.63, 3.8) is 0 Å². The molecule has 0 unspecified atom stereocenters. The van der Waals surface area contributed by atoms with Crippen LogP contribution in [0.5, 0.6) is 0 Å². The molecule has 5 heteroatoms. The highest BCUT2D eigenvalue weighted by Crippen LogP contribution is 2.39. The average Bonchev–Trinajstić information content (AvgIpc) is 2.67. The molecule has 2 aromatic rings. The molecule has 1 N–H and O–H groups in total. The fourth-order valence-corrected chi connectivity index (χ4v) is 2.49. The zero-order valence-corrected chi connectivity index (χ0v) is 10.6. The van der Waals surface area contributed by atoms with E-state index in [1.165, 1.54) is 19.1 Å². The molecule has 0 aromatic heterocycles. The third-order valence-electron chi connectivity index (χ3n) is 3.32. The van der Waals surface area contributed by atoms with Gasteiger partial charge in [-0.05, 0) is 52.9 Å². The van der Waals surface area contributed by atoms with Crippen LogP contribution in [0.4, 0.5) is 18.9 Å². The van der Waals surface area contributed by atoms with Crippen LogP contribution in [0.25, 0.3) is 11.1 Å². The molecule has 0 spiro atoms. The lowest BCUT2D eigenvalue weighted by Crippen LogP contribution is -2.07. The van der Waals surface area contributed by atoms with Crippen molar-refractivity contribution in [1.82, 2.24) is 0 Å². The molecule has 2 nitrogen and oxygen atoms in total. The number of carbonyl (C=O) groups excluding carboxylic acids is 1. The number of carbonyl (C=O) groups is 1. The molecule has 0 saturated carbocycles. The molecular formula is C15H10F3NO. The van der Waals surface area contributed by atoms with Gasteiger partial charge in [0.2, 0.25) is 5.91 Å². The normalized spacial score (nSPS) is 12.0. The second-order valence-electron chi connectivity index (χ2n) is 4.77. The molecule has 0 saturated heterocycles. The van der Waals surface area contributed by atoms with E-state index in [-0.39, 0.29) is 11.6 Å². The quantitative estimate of drug-likeness (QED) is 0.723. The third kappa shape index (κ3) is 1.95. The number of hydrogen-bond donors (Lipinski definition) is 1. The van der Waals surface area contributed by atoms with Gasteiger partial charge in [0.15, 0.2) is 11.6 Å². The zero-order valence-electron chi connectivity index (χ0n) is 10.6. The van der Waals surface area contributed by atoms with E-state index in [1.807, 2.05) is 0 Å². The fourth-order valence-electron chi connectivity index (χ4n) is 2.49. The van der Waals surface area contributed by atoms with Crippen molar-refractivity contribution in [1.29, 1.82) is 0 Å². The monoisotopic (exact) mass is 277 g/mol. The Morgan fingerprint density at radius 3 is 2.15 bits per heavy atom. The van der Waals surface area contributed by atoms with E-state index in [0.717, 1.165) is 17.7 Å². The van der Waals surface area contributed by atoms with Gasteiger partial charge in [-0.1, -0.05) is 0 Å². The first-order valence-electron chi connectivity index (χ1n) is 6.04. The number of anilines is 1. The van der Waals surface area contributed by atoms with Crippen molar-refractivity contribution in [2.45, 2.75) is 13.3 Å². The summed E-state index contributed by atoms with van der Waals surface area (Å²) in [5.74, 6) is -2.85. The summed E-state index contributed by atoms with van der Waals surface area (Å²) in [6.07, 6.45) is 0.384. The predicted octanol–water partition coefficient (Wildman–Crippen LogP) is 3.63. The van der Waals surface area contributed by atoms with E-state index in [1.54, 1.807) is 0 Å². The molecule has 3 rings (SSSR count). The summed E-state index contributed by atoms with van der Waals surface area (Å²) < 4.78 is 40.4. The summed E-state index contributed by atoms with van der Waals surface area (Å²) in [4.78, 5) is 11.0. The summed E-state index contributed by atoms with van der Waals surface area (Å²) >= 11 is 0. The van der Waals surface area contributed by atoms with Crippen molar-refractivity contribution in [2.24, 2.45) is 0 Å². The summed E-state index contributed by atoms with van der Waals surface area (Å²) in [7, 11) is 0. The number of benzene rings is 2. The Hall–Kier alpha value is -2.30. The first-order chi connectivity index (χ1) is 9.45. The first-order valence-corrected chi connectivity index (χ1v) is 6.04.